The number of rotatable bonds is 2. The van der Waals surface area contributed by atoms with E-state index in [4.69, 9.17) is 18.0 Å². The van der Waals surface area contributed by atoms with Gasteiger partial charge in [-0.3, -0.25) is 5.43 Å². The van der Waals surface area contributed by atoms with Gasteiger partial charge in [0.05, 0.1) is 5.71 Å². The Kier molecular flexibility index (Phi) is 3.24. The molecule has 0 aromatic heterocycles. The minimum Gasteiger partial charge on any atom is -0.375 e. The second-order valence-corrected chi connectivity index (χ2v) is 5.32. The highest BCUT2D eigenvalue weighted by Gasteiger charge is 2.18. The number of nitrogens with two attached hydrogens (primary N) is 1. The quantitative estimate of drug-likeness (QED) is 0.431. The molecule has 1 aliphatic rings. The largest absolute Gasteiger partial charge is 0.375 e. The topological polar surface area (TPSA) is 50.4 Å². The Morgan fingerprint density at radius 1 is 1.15 bits per heavy atom. The van der Waals surface area contributed by atoms with E-state index in [0.29, 0.717) is 0 Å². The number of hydrogen-bond acceptors (Lipinski definition) is 2. The summed E-state index contributed by atoms with van der Waals surface area (Å²) in [5.41, 5.74) is 15.3. The van der Waals surface area contributed by atoms with Crippen LogP contribution in [0, 0.1) is 0 Å². The molecular weight excluding hydrogens is 266 g/mol. The average molecular weight is 281 g/mol. The molecule has 4 heteroatoms. The van der Waals surface area contributed by atoms with Crippen molar-refractivity contribution in [2.45, 2.75) is 13.3 Å². The van der Waals surface area contributed by atoms with Crippen molar-refractivity contribution >= 4 is 23.0 Å². The van der Waals surface area contributed by atoms with E-state index in [-0.39, 0.29) is 5.11 Å². The molecule has 0 atom stereocenters. The Balaban J connectivity index is 1.95. The van der Waals surface area contributed by atoms with Crippen LogP contribution in [0.25, 0.3) is 11.1 Å². The van der Waals surface area contributed by atoms with Crippen LogP contribution in [0.15, 0.2) is 47.6 Å². The van der Waals surface area contributed by atoms with Gasteiger partial charge in [-0.2, -0.15) is 5.10 Å². The molecule has 0 amide bonds. The van der Waals surface area contributed by atoms with Gasteiger partial charge >= 0.3 is 0 Å². The second kappa shape index (κ2) is 5.06. The molecule has 0 spiro atoms. The van der Waals surface area contributed by atoms with E-state index in [0.717, 1.165) is 17.7 Å². The number of hydrogen-bond donors (Lipinski definition) is 2. The average Bonchev–Trinajstić information content (AvgIpc) is 2.82. The van der Waals surface area contributed by atoms with Crippen LogP contribution in [-0.4, -0.2) is 10.8 Å². The van der Waals surface area contributed by atoms with Crippen LogP contribution in [0.2, 0.25) is 0 Å². The summed E-state index contributed by atoms with van der Waals surface area (Å²) in [5.74, 6) is 0. The Labute approximate surface area is 123 Å². The number of benzene rings is 2. The first kappa shape index (κ1) is 12.8. The van der Waals surface area contributed by atoms with Gasteiger partial charge < -0.3 is 5.73 Å². The third kappa shape index (κ3) is 2.30. The second-order valence-electron chi connectivity index (χ2n) is 4.88. The summed E-state index contributed by atoms with van der Waals surface area (Å²) < 4.78 is 0. The molecule has 0 heterocycles. The van der Waals surface area contributed by atoms with E-state index in [2.05, 4.69) is 53.0 Å². The van der Waals surface area contributed by atoms with Crippen LogP contribution in [0.1, 0.15) is 23.6 Å². The Hall–Kier alpha value is -2.20. The third-order valence-corrected chi connectivity index (χ3v) is 3.64. The molecule has 20 heavy (non-hydrogen) atoms. The summed E-state index contributed by atoms with van der Waals surface area (Å²) in [6.07, 6.45) is 0.982. The first-order chi connectivity index (χ1) is 9.65. The lowest BCUT2D eigenvalue weighted by Crippen LogP contribution is -2.25. The summed E-state index contributed by atoms with van der Waals surface area (Å²) in [5, 5.41) is 4.35. The molecule has 0 fully saturated rings. The van der Waals surface area contributed by atoms with Gasteiger partial charge in [0.25, 0.3) is 0 Å². The molecule has 1 aliphatic carbocycles. The minimum absolute atomic E-state index is 0.179. The highest BCUT2D eigenvalue weighted by molar-refractivity contribution is 7.80. The van der Waals surface area contributed by atoms with Crippen molar-refractivity contribution in [2.24, 2.45) is 10.8 Å². The summed E-state index contributed by atoms with van der Waals surface area (Å²) in [6.45, 7) is 1.94. The van der Waals surface area contributed by atoms with Crippen LogP contribution < -0.4 is 11.2 Å². The van der Waals surface area contributed by atoms with E-state index in [1.807, 2.05) is 6.92 Å². The molecule has 2 aromatic carbocycles. The molecule has 0 saturated carbocycles. The fraction of sp³-hybridized carbons (Fsp3) is 0.125. The monoisotopic (exact) mass is 281 g/mol. The van der Waals surface area contributed by atoms with Crippen LogP contribution in [0.3, 0.4) is 0 Å². The lowest BCUT2D eigenvalue weighted by atomic mass is 10.0. The van der Waals surface area contributed by atoms with Crippen molar-refractivity contribution in [3.8, 4) is 11.1 Å². The summed E-state index contributed by atoms with van der Waals surface area (Å²) in [4.78, 5) is 0. The van der Waals surface area contributed by atoms with E-state index >= 15 is 0 Å². The first-order valence-corrected chi connectivity index (χ1v) is 6.87. The van der Waals surface area contributed by atoms with Gasteiger partial charge in [0.1, 0.15) is 0 Å². The molecule has 0 aliphatic heterocycles. The van der Waals surface area contributed by atoms with Crippen LogP contribution >= 0.6 is 12.2 Å². The number of nitrogens with zero attached hydrogens (tertiary/aromatic N) is 1. The van der Waals surface area contributed by atoms with Gasteiger partial charge in [0.2, 0.25) is 0 Å². The molecular formula is C16H15N3S. The Morgan fingerprint density at radius 3 is 2.70 bits per heavy atom. The van der Waals surface area contributed by atoms with E-state index in [9.17, 15) is 0 Å². The predicted octanol–water partition coefficient (Wildman–Crippen LogP) is 2.82. The number of nitrogens with one attached hydrogen (secondary N) is 1. The zero-order valence-electron chi connectivity index (χ0n) is 11.2. The lowest BCUT2D eigenvalue weighted by Gasteiger charge is -2.05. The van der Waals surface area contributed by atoms with Crippen molar-refractivity contribution in [3.05, 3.63) is 59.2 Å². The molecule has 0 radical (unpaired) electrons. The summed E-state index contributed by atoms with van der Waals surface area (Å²) >= 11 is 4.75. The van der Waals surface area contributed by atoms with Crippen molar-refractivity contribution in [3.63, 3.8) is 0 Å². The Morgan fingerprint density at radius 2 is 1.90 bits per heavy atom. The normalized spacial score (nSPS) is 12.8. The van der Waals surface area contributed by atoms with Crippen LogP contribution in [-0.2, 0) is 6.42 Å². The summed E-state index contributed by atoms with van der Waals surface area (Å²) in [6, 6.07) is 15.0. The van der Waals surface area contributed by atoms with Gasteiger partial charge in [0.15, 0.2) is 5.11 Å². The number of fused-ring (bicyclic) bond motifs is 3. The molecule has 3 rings (SSSR count). The molecule has 3 nitrogen and oxygen atoms in total. The van der Waals surface area contributed by atoms with Crippen LogP contribution in [0.5, 0.6) is 0 Å². The van der Waals surface area contributed by atoms with Gasteiger partial charge in [-0.05, 0) is 59.4 Å². The van der Waals surface area contributed by atoms with E-state index in [1.165, 1.54) is 22.3 Å². The fourth-order valence-electron chi connectivity index (χ4n) is 2.57. The van der Waals surface area contributed by atoms with Gasteiger partial charge in [-0.25, -0.2) is 0 Å². The first-order valence-electron chi connectivity index (χ1n) is 6.46. The standard InChI is InChI=1S/C16H15N3S/c1-10(18-19-16(17)20)11-6-7-15-13(8-11)9-12-4-2-3-5-14(12)15/h2-8H,9H2,1H3,(H3,17,19,20). The van der Waals surface area contributed by atoms with Gasteiger partial charge in [-0.1, -0.05) is 36.4 Å². The minimum atomic E-state index is 0.179. The Bertz CT molecular complexity index is 719. The van der Waals surface area contributed by atoms with Gasteiger partial charge in [-0.15, -0.1) is 0 Å². The number of hydrazone groups is 1. The van der Waals surface area contributed by atoms with Crippen LogP contribution in [0.4, 0.5) is 0 Å². The van der Waals surface area contributed by atoms with Crippen molar-refractivity contribution in [1.29, 1.82) is 0 Å². The summed E-state index contributed by atoms with van der Waals surface area (Å²) in [7, 11) is 0. The molecule has 0 bridgehead atoms. The highest BCUT2D eigenvalue weighted by atomic mass is 32.1. The molecule has 2 aromatic rings. The highest BCUT2D eigenvalue weighted by Crippen LogP contribution is 2.36. The molecule has 100 valence electrons. The third-order valence-electron chi connectivity index (χ3n) is 3.55. The van der Waals surface area contributed by atoms with Crippen molar-refractivity contribution < 1.29 is 0 Å². The smallest absolute Gasteiger partial charge is 0.184 e. The SMILES string of the molecule is CC(=NNC(N)=S)c1ccc2c(c1)Cc1ccccc1-2. The number of thiocarbonyl (C=S) groups is 1. The fourth-order valence-corrected chi connectivity index (χ4v) is 2.62. The van der Waals surface area contributed by atoms with Crippen molar-refractivity contribution in [1.82, 2.24) is 5.43 Å². The molecule has 0 unspecified atom stereocenters. The lowest BCUT2D eigenvalue weighted by molar-refractivity contribution is 1.03. The van der Waals surface area contributed by atoms with Crippen molar-refractivity contribution in [2.75, 3.05) is 0 Å². The zero-order valence-corrected chi connectivity index (χ0v) is 12.0. The maximum Gasteiger partial charge on any atom is 0.184 e. The van der Waals surface area contributed by atoms with E-state index < -0.39 is 0 Å². The maximum absolute atomic E-state index is 5.38. The molecule has 3 N–H and O–H groups in total. The van der Waals surface area contributed by atoms with E-state index in [1.54, 1.807) is 0 Å². The molecule has 0 saturated heterocycles. The zero-order chi connectivity index (χ0) is 14.1. The van der Waals surface area contributed by atoms with Gasteiger partial charge in [0, 0.05) is 0 Å². The maximum atomic E-state index is 5.38. The predicted molar refractivity (Wildman–Crippen MR) is 86.8 cm³/mol.